The molecule has 0 heteroatoms. The molecule has 2 aromatic rings. The first kappa shape index (κ1) is 16.8. The molecule has 0 spiro atoms. The van der Waals surface area contributed by atoms with E-state index in [4.69, 9.17) is 0 Å². The third kappa shape index (κ3) is 4.51. The first-order valence-corrected chi connectivity index (χ1v) is 9.48. The van der Waals surface area contributed by atoms with Gasteiger partial charge >= 0.3 is 0 Å². The molecule has 24 heavy (non-hydrogen) atoms. The van der Waals surface area contributed by atoms with Crippen LogP contribution in [0, 0.1) is 17.8 Å². The molecule has 0 unspecified atom stereocenters. The van der Waals surface area contributed by atoms with Crippen LogP contribution in [0.2, 0.25) is 0 Å². The molecule has 1 aliphatic carbocycles. The lowest BCUT2D eigenvalue weighted by atomic mass is 9.77. The monoisotopic (exact) mass is 316 g/mol. The molecule has 0 bridgehead atoms. The third-order valence-corrected chi connectivity index (χ3v) is 5.43. The molecule has 2 aromatic carbocycles. The fourth-order valence-electron chi connectivity index (χ4n) is 3.86. The van der Waals surface area contributed by atoms with E-state index < -0.39 is 0 Å². The van der Waals surface area contributed by atoms with Crippen LogP contribution in [0.25, 0.3) is 0 Å². The molecule has 1 saturated carbocycles. The van der Waals surface area contributed by atoms with Crippen molar-refractivity contribution in [3.63, 3.8) is 0 Å². The van der Waals surface area contributed by atoms with Gasteiger partial charge in [-0.15, -0.1) is 0 Å². The van der Waals surface area contributed by atoms with Crippen molar-refractivity contribution in [1.82, 2.24) is 0 Å². The van der Waals surface area contributed by atoms with E-state index in [1.54, 1.807) is 0 Å². The Labute approximate surface area is 147 Å². The summed E-state index contributed by atoms with van der Waals surface area (Å²) in [4.78, 5) is 0. The topological polar surface area (TPSA) is 0 Å². The maximum absolute atomic E-state index is 3.46. The Morgan fingerprint density at radius 2 is 1.58 bits per heavy atom. The predicted octanol–water partition coefficient (Wildman–Crippen LogP) is 6.35. The van der Waals surface area contributed by atoms with Crippen LogP contribution in [0.1, 0.15) is 68.1 Å². The lowest BCUT2D eigenvalue weighted by Crippen LogP contribution is -2.13. The molecule has 0 amide bonds. The van der Waals surface area contributed by atoms with Gasteiger partial charge in [0.1, 0.15) is 0 Å². The van der Waals surface area contributed by atoms with Crippen molar-refractivity contribution in [3.05, 3.63) is 71.3 Å². The maximum Gasteiger partial charge on any atom is 0.0280 e. The van der Waals surface area contributed by atoms with Crippen LogP contribution >= 0.6 is 0 Å². The highest BCUT2D eigenvalue weighted by molar-refractivity contribution is 5.43. The fraction of sp³-hybridized carbons (Fsp3) is 0.417. The summed E-state index contributed by atoms with van der Waals surface area (Å²) in [5.74, 6) is 8.52. The molecular weight excluding hydrogens is 288 g/mol. The molecular formula is C24H28. The highest BCUT2D eigenvalue weighted by atomic mass is 14.3. The van der Waals surface area contributed by atoms with Gasteiger partial charge in [0.2, 0.25) is 0 Å². The second-order valence-electron chi connectivity index (χ2n) is 7.00. The summed E-state index contributed by atoms with van der Waals surface area (Å²) in [5.41, 5.74) is 4.11. The summed E-state index contributed by atoms with van der Waals surface area (Å²) in [7, 11) is 0. The first-order chi connectivity index (χ1) is 11.9. The minimum Gasteiger partial charge on any atom is -0.0975 e. The van der Waals surface area contributed by atoms with Crippen LogP contribution in [0.4, 0.5) is 0 Å². The summed E-state index contributed by atoms with van der Waals surface area (Å²) in [6, 6.07) is 19.4. The van der Waals surface area contributed by atoms with Gasteiger partial charge < -0.3 is 0 Å². The minimum absolute atomic E-state index is 0.715. The van der Waals surface area contributed by atoms with Crippen LogP contribution in [0.5, 0.6) is 0 Å². The molecule has 0 radical (unpaired) electrons. The van der Waals surface area contributed by atoms with E-state index in [9.17, 15) is 0 Å². The van der Waals surface area contributed by atoms with Crippen LogP contribution in [-0.4, -0.2) is 0 Å². The van der Waals surface area contributed by atoms with Gasteiger partial charge in [-0.3, -0.25) is 0 Å². The van der Waals surface area contributed by atoms with Gasteiger partial charge in [-0.25, -0.2) is 0 Å². The van der Waals surface area contributed by atoms with E-state index in [-0.39, 0.29) is 0 Å². The van der Waals surface area contributed by atoms with E-state index in [1.807, 2.05) is 0 Å². The molecule has 0 nitrogen and oxygen atoms in total. The predicted molar refractivity (Wildman–Crippen MR) is 103 cm³/mol. The van der Waals surface area contributed by atoms with Crippen LogP contribution in [0.3, 0.4) is 0 Å². The zero-order valence-electron chi connectivity index (χ0n) is 14.8. The number of aryl methyl sites for hydroxylation is 1. The van der Waals surface area contributed by atoms with Crippen molar-refractivity contribution >= 4 is 0 Å². The highest BCUT2D eigenvalue weighted by Gasteiger charge is 2.22. The number of benzene rings is 2. The van der Waals surface area contributed by atoms with Crippen molar-refractivity contribution in [3.8, 4) is 11.8 Å². The molecule has 0 N–H and O–H groups in total. The Hall–Kier alpha value is -2.00. The summed E-state index contributed by atoms with van der Waals surface area (Å²) in [6.07, 6.45) is 8.75. The largest absolute Gasteiger partial charge is 0.0975 e. The quantitative estimate of drug-likeness (QED) is 0.576. The summed E-state index contributed by atoms with van der Waals surface area (Å²) in [5, 5.41) is 0. The van der Waals surface area contributed by atoms with Crippen molar-refractivity contribution in [1.29, 1.82) is 0 Å². The Bertz CT molecular complexity index is 679. The van der Waals surface area contributed by atoms with E-state index in [0.29, 0.717) is 5.92 Å². The van der Waals surface area contributed by atoms with Crippen LogP contribution in [0.15, 0.2) is 54.6 Å². The van der Waals surface area contributed by atoms with Crippen LogP contribution in [-0.2, 0) is 6.42 Å². The van der Waals surface area contributed by atoms with E-state index in [2.05, 4.69) is 73.4 Å². The zero-order valence-corrected chi connectivity index (χ0v) is 14.8. The molecule has 0 saturated heterocycles. The van der Waals surface area contributed by atoms with Gasteiger partial charge in [-0.05, 0) is 61.1 Å². The maximum atomic E-state index is 3.46. The molecule has 1 aliphatic rings. The standard InChI is InChI=1S/C24H28/c1-2-20-16-18-23(19-17-20)24-15-9-8-14-22(24)13-7-6-12-21-10-4-3-5-11-21/h3-5,8-11,14-15,20,23H,2,6,12,16-19H2,1H3. The normalized spacial score (nSPS) is 20.2. The minimum atomic E-state index is 0.715. The summed E-state index contributed by atoms with van der Waals surface area (Å²) < 4.78 is 0. The Balaban J connectivity index is 1.63. The number of hydrogen-bond acceptors (Lipinski definition) is 0. The van der Waals surface area contributed by atoms with Crippen molar-refractivity contribution in [2.45, 2.75) is 57.8 Å². The van der Waals surface area contributed by atoms with Gasteiger partial charge in [-0.1, -0.05) is 73.7 Å². The number of hydrogen-bond donors (Lipinski definition) is 0. The second kappa shape index (κ2) is 8.74. The SMILES string of the molecule is CCC1CCC(c2ccccc2C#CCCc2ccccc2)CC1. The van der Waals surface area contributed by atoms with Crippen molar-refractivity contribution < 1.29 is 0 Å². The third-order valence-electron chi connectivity index (χ3n) is 5.43. The molecule has 0 atom stereocenters. The Kier molecular flexibility index (Phi) is 6.13. The second-order valence-corrected chi connectivity index (χ2v) is 7.00. The van der Waals surface area contributed by atoms with Gasteiger partial charge in [0.15, 0.2) is 0 Å². The Morgan fingerprint density at radius 1 is 0.875 bits per heavy atom. The zero-order chi connectivity index (χ0) is 16.6. The average molecular weight is 316 g/mol. The van der Waals surface area contributed by atoms with E-state index >= 15 is 0 Å². The van der Waals surface area contributed by atoms with Gasteiger partial charge in [0, 0.05) is 12.0 Å². The molecule has 124 valence electrons. The molecule has 0 aromatic heterocycles. The van der Waals surface area contributed by atoms with Crippen molar-refractivity contribution in [2.24, 2.45) is 5.92 Å². The van der Waals surface area contributed by atoms with Gasteiger partial charge in [0.25, 0.3) is 0 Å². The van der Waals surface area contributed by atoms with E-state index in [0.717, 1.165) is 18.8 Å². The molecule has 0 heterocycles. The lowest BCUT2D eigenvalue weighted by molar-refractivity contribution is 0.318. The fourth-order valence-corrected chi connectivity index (χ4v) is 3.86. The molecule has 0 aliphatic heterocycles. The first-order valence-electron chi connectivity index (χ1n) is 9.48. The Morgan fingerprint density at radius 3 is 2.33 bits per heavy atom. The van der Waals surface area contributed by atoms with Gasteiger partial charge in [0.05, 0.1) is 0 Å². The van der Waals surface area contributed by atoms with Gasteiger partial charge in [-0.2, -0.15) is 0 Å². The summed E-state index contributed by atoms with van der Waals surface area (Å²) >= 11 is 0. The van der Waals surface area contributed by atoms with Crippen molar-refractivity contribution in [2.75, 3.05) is 0 Å². The average Bonchev–Trinajstić information content (AvgIpc) is 2.66. The highest BCUT2D eigenvalue weighted by Crippen LogP contribution is 2.37. The van der Waals surface area contributed by atoms with E-state index in [1.165, 1.54) is 48.8 Å². The van der Waals surface area contributed by atoms with Crippen LogP contribution < -0.4 is 0 Å². The summed E-state index contributed by atoms with van der Waals surface area (Å²) in [6.45, 7) is 2.33. The smallest absolute Gasteiger partial charge is 0.0280 e. The molecule has 3 rings (SSSR count). The lowest BCUT2D eigenvalue weighted by Gasteiger charge is -2.28. The molecule has 1 fully saturated rings. The number of rotatable bonds is 4.